The molecule has 2 aliphatic rings. The van der Waals surface area contributed by atoms with Crippen LogP contribution in [0.5, 0.6) is 0 Å². The Bertz CT molecular complexity index is 436. The van der Waals surface area contributed by atoms with Crippen LogP contribution in [0.15, 0.2) is 17.5 Å². The van der Waals surface area contributed by atoms with Crippen LogP contribution in [0.4, 0.5) is 0 Å². The van der Waals surface area contributed by atoms with Gasteiger partial charge in [-0.15, -0.1) is 11.3 Å². The Hall–Kier alpha value is -0.910. The fourth-order valence-corrected chi connectivity index (χ4v) is 3.39. The Balaban J connectivity index is 1.44. The van der Waals surface area contributed by atoms with Gasteiger partial charge in [0.15, 0.2) is 0 Å². The molecule has 2 fully saturated rings. The molecule has 1 aromatic rings. The van der Waals surface area contributed by atoms with Gasteiger partial charge >= 0.3 is 0 Å². The van der Waals surface area contributed by atoms with E-state index >= 15 is 0 Å². The zero-order valence-corrected chi connectivity index (χ0v) is 12.9. The van der Waals surface area contributed by atoms with Gasteiger partial charge in [0, 0.05) is 43.6 Å². The molecule has 20 heavy (non-hydrogen) atoms. The number of nitrogens with zero attached hydrogens (tertiary/aromatic N) is 2. The summed E-state index contributed by atoms with van der Waals surface area (Å²) in [6.45, 7) is 7.17. The first-order valence-electron chi connectivity index (χ1n) is 7.51. The van der Waals surface area contributed by atoms with Crippen molar-refractivity contribution in [3.63, 3.8) is 0 Å². The van der Waals surface area contributed by atoms with E-state index in [0.29, 0.717) is 6.04 Å². The second-order valence-electron chi connectivity index (χ2n) is 5.85. The maximum atomic E-state index is 12.1. The molecule has 0 spiro atoms. The molecule has 0 bridgehead atoms. The van der Waals surface area contributed by atoms with Crippen molar-refractivity contribution in [2.75, 3.05) is 26.2 Å². The number of carbonyl (C=O) groups excluding carboxylic acids is 1. The third-order valence-electron chi connectivity index (χ3n) is 4.22. The highest BCUT2D eigenvalue weighted by Crippen LogP contribution is 2.19. The molecular weight excluding hydrogens is 270 g/mol. The third kappa shape index (κ3) is 3.59. The maximum absolute atomic E-state index is 12.1. The summed E-state index contributed by atoms with van der Waals surface area (Å²) < 4.78 is 0. The van der Waals surface area contributed by atoms with Crippen LogP contribution in [0.2, 0.25) is 0 Å². The van der Waals surface area contributed by atoms with Crippen LogP contribution in [0.25, 0.3) is 0 Å². The lowest BCUT2D eigenvalue weighted by atomic mass is 10.2. The zero-order chi connectivity index (χ0) is 13.9. The number of hydrogen-bond acceptors (Lipinski definition) is 4. The van der Waals surface area contributed by atoms with E-state index in [-0.39, 0.29) is 11.9 Å². The molecule has 1 amide bonds. The van der Waals surface area contributed by atoms with Gasteiger partial charge in [-0.2, -0.15) is 0 Å². The summed E-state index contributed by atoms with van der Waals surface area (Å²) in [6, 6.07) is 4.79. The Morgan fingerprint density at radius 1 is 1.40 bits per heavy atom. The molecule has 1 aromatic heterocycles. The van der Waals surface area contributed by atoms with Crippen molar-refractivity contribution in [1.82, 2.24) is 15.1 Å². The van der Waals surface area contributed by atoms with E-state index in [1.165, 1.54) is 4.88 Å². The fraction of sp³-hybridized carbons (Fsp3) is 0.667. The number of carbonyl (C=O) groups is 1. The fourth-order valence-electron chi connectivity index (χ4n) is 2.65. The molecule has 1 atom stereocenters. The van der Waals surface area contributed by atoms with Gasteiger partial charge in [-0.25, -0.2) is 0 Å². The topological polar surface area (TPSA) is 35.6 Å². The lowest BCUT2D eigenvalue weighted by Gasteiger charge is -2.37. The second kappa shape index (κ2) is 6.24. The lowest BCUT2D eigenvalue weighted by Crippen LogP contribution is -2.53. The summed E-state index contributed by atoms with van der Waals surface area (Å²) in [5.41, 5.74) is 0. The number of hydrogen-bond donors (Lipinski definition) is 1. The lowest BCUT2D eigenvalue weighted by molar-refractivity contribution is -0.126. The van der Waals surface area contributed by atoms with E-state index in [1.54, 1.807) is 0 Å². The first-order valence-corrected chi connectivity index (χ1v) is 8.39. The molecule has 1 aliphatic carbocycles. The van der Waals surface area contributed by atoms with Crippen molar-refractivity contribution >= 4 is 17.2 Å². The van der Waals surface area contributed by atoms with Gasteiger partial charge in [0.2, 0.25) is 5.91 Å². The molecule has 1 N–H and O–H groups in total. The van der Waals surface area contributed by atoms with Gasteiger partial charge in [0.05, 0.1) is 6.04 Å². The van der Waals surface area contributed by atoms with Gasteiger partial charge in [0.1, 0.15) is 0 Å². The average Bonchev–Trinajstić information content (AvgIpc) is 3.12. The number of rotatable bonds is 5. The SMILES string of the molecule is C[C@@H](C(=O)NC1CC1)N1CCN(Cc2cccs2)CC1. The standard InChI is InChI=1S/C15H23N3OS/c1-12(15(19)16-13-4-5-13)18-8-6-17(7-9-18)11-14-3-2-10-20-14/h2-3,10,12-13H,4-9,11H2,1H3,(H,16,19)/t12-/m0/s1. The predicted octanol–water partition coefficient (Wildman–Crippen LogP) is 1.53. The summed E-state index contributed by atoms with van der Waals surface area (Å²) in [5, 5.41) is 5.24. The smallest absolute Gasteiger partial charge is 0.237 e. The van der Waals surface area contributed by atoms with Crippen LogP contribution in [-0.2, 0) is 11.3 Å². The third-order valence-corrected chi connectivity index (χ3v) is 5.08. The molecule has 1 aliphatic heterocycles. The molecule has 0 aromatic carbocycles. The molecule has 1 saturated carbocycles. The van der Waals surface area contributed by atoms with Gasteiger partial charge in [-0.05, 0) is 31.2 Å². The van der Waals surface area contributed by atoms with Crippen LogP contribution in [-0.4, -0.2) is 54.0 Å². The molecule has 0 unspecified atom stereocenters. The maximum Gasteiger partial charge on any atom is 0.237 e. The molecule has 3 rings (SSSR count). The monoisotopic (exact) mass is 293 g/mol. The van der Waals surface area contributed by atoms with Crippen molar-refractivity contribution in [2.45, 2.75) is 38.4 Å². The Morgan fingerprint density at radius 3 is 2.75 bits per heavy atom. The molecule has 0 radical (unpaired) electrons. The number of piperazine rings is 1. The van der Waals surface area contributed by atoms with E-state index in [0.717, 1.165) is 45.6 Å². The first-order chi connectivity index (χ1) is 9.72. The molecule has 2 heterocycles. The Morgan fingerprint density at radius 2 is 2.15 bits per heavy atom. The summed E-state index contributed by atoms with van der Waals surface area (Å²) in [7, 11) is 0. The molecule has 4 nitrogen and oxygen atoms in total. The Labute approximate surface area is 124 Å². The summed E-state index contributed by atoms with van der Waals surface area (Å²) in [5.74, 6) is 0.208. The minimum Gasteiger partial charge on any atom is -0.352 e. The molecule has 1 saturated heterocycles. The van der Waals surface area contributed by atoms with Gasteiger partial charge < -0.3 is 5.32 Å². The highest BCUT2D eigenvalue weighted by Gasteiger charge is 2.29. The van der Waals surface area contributed by atoms with Gasteiger partial charge in [0.25, 0.3) is 0 Å². The normalized spacial score (nSPS) is 22.6. The summed E-state index contributed by atoms with van der Waals surface area (Å²) in [6.07, 6.45) is 2.32. The van der Waals surface area contributed by atoms with Crippen LogP contribution < -0.4 is 5.32 Å². The minimum absolute atomic E-state index is 0.0134. The van der Waals surface area contributed by atoms with E-state index in [4.69, 9.17) is 0 Å². The Kier molecular flexibility index (Phi) is 4.38. The van der Waals surface area contributed by atoms with Gasteiger partial charge in [-0.3, -0.25) is 14.6 Å². The van der Waals surface area contributed by atoms with Crippen molar-refractivity contribution in [1.29, 1.82) is 0 Å². The molecular formula is C15H23N3OS. The highest BCUT2D eigenvalue weighted by atomic mass is 32.1. The van der Waals surface area contributed by atoms with Crippen LogP contribution >= 0.6 is 11.3 Å². The van der Waals surface area contributed by atoms with Crippen molar-refractivity contribution in [3.8, 4) is 0 Å². The molecule has 5 heteroatoms. The van der Waals surface area contributed by atoms with Crippen LogP contribution in [0.3, 0.4) is 0 Å². The summed E-state index contributed by atoms with van der Waals surface area (Å²) >= 11 is 1.82. The molecule has 110 valence electrons. The largest absolute Gasteiger partial charge is 0.352 e. The summed E-state index contributed by atoms with van der Waals surface area (Å²) in [4.78, 5) is 18.3. The van der Waals surface area contributed by atoms with Gasteiger partial charge in [-0.1, -0.05) is 6.07 Å². The highest BCUT2D eigenvalue weighted by molar-refractivity contribution is 7.09. The van der Waals surface area contributed by atoms with Crippen molar-refractivity contribution in [3.05, 3.63) is 22.4 Å². The quantitative estimate of drug-likeness (QED) is 0.894. The number of nitrogens with one attached hydrogen (secondary N) is 1. The first kappa shape index (κ1) is 14.0. The van der Waals surface area contributed by atoms with E-state index < -0.39 is 0 Å². The minimum atomic E-state index is 0.0134. The van der Waals surface area contributed by atoms with E-state index in [2.05, 4.69) is 32.6 Å². The van der Waals surface area contributed by atoms with E-state index in [9.17, 15) is 4.79 Å². The second-order valence-corrected chi connectivity index (χ2v) is 6.88. The van der Waals surface area contributed by atoms with Crippen molar-refractivity contribution < 1.29 is 4.79 Å². The average molecular weight is 293 g/mol. The predicted molar refractivity (Wildman–Crippen MR) is 81.8 cm³/mol. The van der Waals surface area contributed by atoms with Crippen LogP contribution in [0, 0.1) is 0 Å². The number of thiophene rings is 1. The zero-order valence-electron chi connectivity index (χ0n) is 12.0. The van der Waals surface area contributed by atoms with Crippen molar-refractivity contribution in [2.24, 2.45) is 0 Å². The van der Waals surface area contributed by atoms with E-state index in [1.807, 2.05) is 18.3 Å². The number of amides is 1. The van der Waals surface area contributed by atoms with Crippen LogP contribution in [0.1, 0.15) is 24.6 Å².